The summed E-state index contributed by atoms with van der Waals surface area (Å²) in [5, 5.41) is 4.30. The SMILES string of the molecule is CN(c1ccc(Cl)cc1)c1ccc2nc(NC(=O)C3CN3CCCN3CCCC3)sc2n1. The number of nitrogens with zero attached hydrogens (tertiary/aromatic N) is 5. The molecule has 4 heterocycles. The molecule has 0 saturated carbocycles. The van der Waals surface area contributed by atoms with Gasteiger partial charge in [0.05, 0.1) is 0 Å². The molecular formula is C23H27ClN6OS. The molecule has 9 heteroatoms. The molecule has 0 aliphatic carbocycles. The van der Waals surface area contributed by atoms with Crippen LogP contribution >= 0.6 is 22.9 Å². The molecule has 1 N–H and O–H groups in total. The van der Waals surface area contributed by atoms with Gasteiger partial charge in [0, 0.05) is 30.8 Å². The van der Waals surface area contributed by atoms with Crippen molar-refractivity contribution in [1.82, 2.24) is 19.8 Å². The fourth-order valence-corrected chi connectivity index (χ4v) is 5.17. The maximum atomic E-state index is 12.6. The number of rotatable bonds is 8. The van der Waals surface area contributed by atoms with Crippen molar-refractivity contribution < 1.29 is 4.79 Å². The first kappa shape index (κ1) is 21.6. The van der Waals surface area contributed by atoms with E-state index in [9.17, 15) is 4.79 Å². The molecule has 2 aliphatic rings. The summed E-state index contributed by atoms with van der Waals surface area (Å²) in [7, 11) is 1.96. The Labute approximate surface area is 197 Å². The Morgan fingerprint density at radius 2 is 1.94 bits per heavy atom. The molecule has 2 atom stereocenters. The van der Waals surface area contributed by atoms with Gasteiger partial charge in [-0.25, -0.2) is 9.97 Å². The number of carbonyl (C=O) groups is 1. The Morgan fingerprint density at radius 1 is 1.16 bits per heavy atom. The largest absolute Gasteiger partial charge is 0.329 e. The van der Waals surface area contributed by atoms with E-state index in [0.29, 0.717) is 10.2 Å². The molecule has 2 fully saturated rings. The normalized spacial score (nSPS) is 20.6. The summed E-state index contributed by atoms with van der Waals surface area (Å²) >= 11 is 7.40. The van der Waals surface area contributed by atoms with Gasteiger partial charge in [0.25, 0.3) is 0 Å². The molecule has 0 bridgehead atoms. The minimum absolute atomic E-state index is 0.0276. The summed E-state index contributed by atoms with van der Waals surface area (Å²) in [4.78, 5) is 29.5. The van der Waals surface area contributed by atoms with Crippen molar-refractivity contribution in [2.75, 3.05) is 50.0 Å². The number of anilines is 3. The van der Waals surface area contributed by atoms with Crippen molar-refractivity contribution in [3.63, 3.8) is 0 Å². The van der Waals surface area contributed by atoms with Crippen molar-refractivity contribution in [2.45, 2.75) is 25.3 Å². The number of hydrogen-bond donors (Lipinski definition) is 1. The van der Waals surface area contributed by atoms with Gasteiger partial charge in [-0.15, -0.1) is 0 Å². The third kappa shape index (κ3) is 4.88. The summed E-state index contributed by atoms with van der Waals surface area (Å²) in [6, 6.07) is 11.5. The molecule has 168 valence electrons. The number of thiazole rings is 1. The second kappa shape index (κ2) is 9.31. The van der Waals surface area contributed by atoms with Crippen molar-refractivity contribution in [3.8, 4) is 0 Å². The van der Waals surface area contributed by atoms with Gasteiger partial charge < -0.3 is 15.1 Å². The number of fused-ring (bicyclic) bond motifs is 1. The summed E-state index contributed by atoms with van der Waals surface area (Å²) < 4.78 is 0. The van der Waals surface area contributed by atoms with Crippen LogP contribution in [0.5, 0.6) is 0 Å². The van der Waals surface area contributed by atoms with Crippen LogP contribution in [0.4, 0.5) is 16.6 Å². The van der Waals surface area contributed by atoms with Gasteiger partial charge in [-0.3, -0.25) is 9.69 Å². The predicted molar refractivity (Wildman–Crippen MR) is 131 cm³/mol. The number of aromatic nitrogens is 2. The van der Waals surface area contributed by atoms with Gasteiger partial charge in [0.15, 0.2) is 5.13 Å². The van der Waals surface area contributed by atoms with E-state index in [4.69, 9.17) is 16.6 Å². The lowest BCUT2D eigenvalue weighted by molar-refractivity contribution is -0.116. The molecular weight excluding hydrogens is 444 g/mol. The monoisotopic (exact) mass is 470 g/mol. The Kier molecular flexibility index (Phi) is 6.28. The summed E-state index contributed by atoms with van der Waals surface area (Å²) in [5.41, 5.74) is 1.79. The van der Waals surface area contributed by atoms with Gasteiger partial charge in [0.2, 0.25) is 5.91 Å². The fraction of sp³-hybridized carbons (Fsp3) is 0.435. The van der Waals surface area contributed by atoms with Crippen molar-refractivity contribution in [3.05, 3.63) is 41.4 Å². The summed E-state index contributed by atoms with van der Waals surface area (Å²) in [5.74, 6) is 0.844. The number of nitrogens with one attached hydrogen (secondary N) is 1. The second-order valence-electron chi connectivity index (χ2n) is 8.45. The van der Waals surface area contributed by atoms with Crippen LogP contribution in [0.15, 0.2) is 36.4 Å². The van der Waals surface area contributed by atoms with Gasteiger partial charge in [-0.2, -0.15) is 0 Å². The highest BCUT2D eigenvalue weighted by Gasteiger charge is 2.40. The van der Waals surface area contributed by atoms with E-state index in [1.807, 2.05) is 48.3 Å². The molecule has 1 aromatic carbocycles. The zero-order chi connectivity index (χ0) is 22.1. The van der Waals surface area contributed by atoms with Gasteiger partial charge >= 0.3 is 0 Å². The maximum absolute atomic E-state index is 12.6. The molecule has 3 aromatic rings. The first-order valence-electron chi connectivity index (χ1n) is 11.1. The fourth-order valence-electron chi connectivity index (χ4n) is 4.21. The Balaban J connectivity index is 1.17. The smallest absolute Gasteiger partial charge is 0.244 e. The zero-order valence-corrected chi connectivity index (χ0v) is 19.7. The summed E-state index contributed by atoms with van der Waals surface area (Å²) in [6.45, 7) is 5.42. The molecule has 2 aromatic heterocycles. The van der Waals surface area contributed by atoms with Crippen LogP contribution < -0.4 is 10.2 Å². The minimum Gasteiger partial charge on any atom is -0.329 e. The lowest BCUT2D eigenvalue weighted by atomic mass is 10.3. The van der Waals surface area contributed by atoms with Crippen LogP contribution in [0, 0.1) is 0 Å². The van der Waals surface area contributed by atoms with E-state index in [-0.39, 0.29) is 11.9 Å². The van der Waals surface area contributed by atoms with Crippen molar-refractivity contribution in [2.24, 2.45) is 0 Å². The molecule has 7 nitrogen and oxygen atoms in total. The number of pyridine rings is 1. The Bertz CT molecular complexity index is 1100. The van der Waals surface area contributed by atoms with E-state index in [2.05, 4.69) is 20.1 Å². The Morgan fingerprint density at radius 3 is 2.72 bits per heavy atom. The third-order valence-electron chi connectivity index (χ3n) is 6.16. The molecule has 2 aliphatic heterocycles. The third-order valence-corrected chi connectivity index (χ3v) is 7.30. The van der Waals surface area contributed by atoms with Crippen LogP contribution in [-0.2, 0) is 4.79 Å². The average Bonchev–Trinajstić information content (AvgIpc) is 3.17. The maximum Gasteiger partial charge on any atom is 0.244 e. The number of halogens is 1. The van der Waals surface area contributed by atoms with Crippen LogP contribution in [0.3, 0.4) is 0 Å². The number of hydrogen-bond acceptors (Lipinski definition) is 7. The molecule has 5 rings (SSSR count). The standard InChI is InChI=1S/C23H27ClN6OS/c1-28(17-7-5-16(24)6-8-17)20-10-9-18-22(26-20)32-23(25-18)27-21(31)19-15-30(19)14-4-13-29-11-2-3-12-29/h5-10,19H,2-4,11-15H2,1H3,(H,25,27,31). The van der Waals surface area contributed by atoms with Crippen LogP contribution in [-0.4, -0.2) is 71.5 Å². The number of carbonyl (C=O) groups excluding carboxylic acids is 1. The summed E-state index contributed by atoms with van der Waals surface area (Å²) in [6.07, 6.45) is 3.77. The second-order valence-corrected chi connectivity index (χ2v) is 9.86. The molecule has 32 heavy (non-hydrogen) atoms. The topological polar surface area (TPSA) is 64.4 Å². The predicted octanol–water partition coefficient (Wildman–Crippen LogP) is 4.22. The van der Waals surface area contributed by atoms with Gasteiger partial charge in [-0.1, -0.05) is 22.9 Å². The number of likely N-dealkylation sites (tertiary alicyclic amines) is 1. The molecule has 2 unspecified atom stereocenters. The van der Waals surface area contributed by atoms with Crippen LogP contribution in [0.25, 0.3) is 10.3 Å². The van der Waals surface area contributed by atoms with Crippen molar-refractivity contribution >= 4 is 55.8 Å². The van der Waals surface area contributed by atoms with Gasteiger partial charge in [-0.05, 0) is 75.3 Å². The average molecular weight is 471 g/mol. The van der Waals surface area contributed by atoms with Crippen LogP contribution in [0.2, 0.25) is 5.02 Å². The molecule has 1 amide bonds. The highest BCUT2D eigenvalue weighted by molar-refractivity contribution is 7.22. The first-order chi connectivity index (χ1) is 15.6. The van der Waals surface area contributed by atoms with E-state index in [0.717, 1.165) is 47.9 Å². The van der Waals surface area contributed by atoms with Gasteiger partial charge in [0.1, 0.15) is 22.2 Å². The Hall–Kier alpha value is -2.26. The molecule has 0 spiro atoms. The molecule has 0 radical (unpaired) electrons. The molecule has 2 saturated heterocycles. The van der Waals surface area contributed by atoms with E-state index < -0.39 is 0 Å². The number of amides is 1. The quantitative estimate of drug-likeness (QED) is 0.497. The zero-order valence-electron chi connectivity index (χ0n) is 18.1. The lowest BCUT2D eigenvalue weighted by Crippen LogP contribution is -2.25. The van der Waals surface area contributed by atoms with E-state index in [1.54, 1.807) is 0 Å². The minimum atomic E-state index is -0.0276. The highest BCUT2D eigenvalue weighted by Crippen LogP contribution is 2.30. The van der Waals surface area contributed by atoms with Crippen LogP contribution in [0.1, 0.15) is 19.3 Å². The van der Waals surface area contributed by atoms with E-state index >= 15 is 0 Å². The number of benzene rings is 1. The van der Waals surface area contributed by atoms with E-state index in [1.165, 1.54) is 37.3 Å². The highest BCUT2D eigenvalue weighted by atomic mass is 35.5. The van der Waals surface area contributed by atoms with Crippen molar-refractivity contribution in [1.29, 1.82) is 0 Å². The first-order valence-corrected chi connectivity index (χ1v) is 12.3. The lowest BCUT2D eigenvalue weighted by Gasteiger charge is -2.18.